The van der Waals surface area contributed by atoms with Crippen LogP contribution in [0.1, 0.15) is 0 Å². The Hall–Kier alpha value is -2.51. The van der Waals surface area contributed by atoms with E-state index in [2.05, 4.69) is 50.1 Å². The number of hydrogen-bond donors (Lipinski definition) is 0. The molecule has 2 aliphatic rings. The molecule has 7 nitrogen and oxygen atoms in total. The number of morpholine rings is 1. The van der Waals surface area contributed by atoms with Crippen molar-refractivity contribution >= 4 is 11.6 Å². The summed E-state index contributed by atoms with van der Waals surface area (Å²) in [5, 5.41) is 4.38. The molecule has 0 saturated carbocycles. The number of ether oxygens (including phenoxy) is 1. The van der Waals surface area contributed by atoms with Crippen molar-refractivity contribution in [1.29, 1.82) is 0 Å². The van der Waals surface area contributed by atoms with Gasteiger partial charge in [0, 0.05) is 31.3 Å². The molecule has 1 aromatic carbocycles. The van der Waals surface area contributed by atoms with Crippen molar-refractivity contribution in [3.05, 3.63) is 42.7 Å². The second-order valence-electron chi connectivity index (χ2n) is 6.70. The zero-order chi connectivity index (χ0) is 16.8. The number of fused-ring (bicyclic) bond motifs is 2. The standard InChI is InChI=1S/C18H20N6O/c1-22-7-8-25-16-11-23(10-15(16)22)17-9-14(13-5-3-2-4-6-13)21-18-19-12-20-24(17)18/h2-6,9,12,15-16H,7-8,10-11H2,1H3. The first-order valence-corrected chi connectivity index (χ1v) is 8.62. The molecule has 3 aromatic rings. The summed E-state index contributed by atoms with van der Waals surface area (Å²) in [6, 6.07) is 12.7. The Morgan fingerprint density at radius 3 is 2.88 bits per heavy atom. The molecule has 0 N–H and O–H groups in total. The normalized spacial score (nSPS) is 24.0. The minimum atomic E-state index is 0.241. The van der Waals surface area contributed by atoms with E-state index in [1.54, 1.807) is 6.33 Å². The van der Waals surface area contributed by atoms with Gasteiger partial charge in [0.2, 0.25) is 0 Å². The molecular formula is C18H20N6O. The summed E-state index contributed by atoms with van der Waals surface area (Å²) in [5.74, 6) is 1.65. The van der Waals surface area contributed by atoms with Crippen LogP contribution in [0.5, 0.6) is 0 Å². The largest absolute Gasteiger partial charge is 0.373 e. The van der Waals surface area contributed by atoms with Gasteiger partial charge in [-0.3, -0.25) is 4.90 Å². The van der Waals surface area contributed by atoms with Crippen molar-refractivity contribution in [3.63, 3.8) is 0 Å². The summed E-state index contributed by atoms with van der Waals surface area (Å²) in [7, 11) is 2.18. The molecular weight excluding hydrogens is 316 g/mol. The maximum atomic E-state index is 5.99. The van der Waals surface area contributed by atoms with Gasteiger partial charge in [-0.1, -0.05) is 30.3 Å². The molecule has 7 heteroatoms. The van der Waals surface area contributed by atoms with Gasteiger partial charge in [-0.25, -0.2) is 4.98 Å². The van der Waals surface area contributed by atoms with Gasteiger partial charge < -0.3 is 9.64 Å². The summed E-state index contributed by atoms with van der Waals surface area (Å²) in [4.78, 5) is 13.7. The maximum Gasteiger partial charge on any atom is 0.254 e. The van der Waals surface area contributed by atoms with Crippen LogP contribution in [-0.4, -0.2) is 69.9 Å². The van der Waals surface area contributed by atoms with Crippen LogP contribution in [0.3, 0.4) is 0 Å². The fourth-order valence-electron chi connectivity index (χ4n) is 3.82. The first-order chi connectivity index (χ1) is 12.3. The monoisotopic (exact) mass is 336 g/mol. The third-order valence-corrected chi connectivity index (χ3v) is 5.21. The Balaban J connectivity index is 1.58. The molecule has 25 heavy (non-hydrogen) atoms. The van der Waals surface area contributed by atoms with Gasteiger partial charge in [0.05, 0.1) is 24.4 Å². The van der Waals surface area contributed by atoms with Gasteiger partial charge in [-0.2, -0.15) is 14.6 Å². The molecule has 128 valence electrons. The van der Waals surface area contributed by atoms with Gasteiger partial charge >= 0.3 is 0 Å². The third-order valence-electron chi connectivity index (χ3n) is 5.21. The summed E-state index contributed by atoms with van der Waals surface area (Å²) in [5.41, 5.74) is 2.00. The van der Waals surface area contributed by atoms with E-state index in [1.807, 2.05) is 22.7 Å². The smallest absolute Gasteiger partial charge is 0.254 e. The molecule has 0 amide bonds. The highest BCUT2D eigenvalue weighted by Crippen LogP contribution is 2.29. The Morgan fingerprint density at radius 2 is 2.04 bits per heavy atom. The Labute approximate surface area is 145 Å². The Bertz CT molecular complexity index is 895. The highest BCUT2D eigenvalue weighted by molar-refractivity contribution is 5.66. The van der Waals surface area contributed by atoms with Crippen molar-refractivity contribution in [2.45, 2.75) is 12.1 Å². The van der Waals surface area contributed by atoms with Crippen LogP contribution in [-0.2, 0) is 4.74 Å². The summed E-state index contributed by atoms with van der Waals surface area (Å²) >= 11 is 0. The highest BCUT2D eigenvalue weighted by Gasteiger charge is 2.39. The van der Waals surface area contributed by atoms with E-state index < -0.39 is 0 Å². The van der Waals surface area contributed by atoms with Gasteiger partial charge in [0.25, 0.3) is 5.78 Å². The number of anilines is 1. The summed E-state index contributed by atoms with van der Waals surface area (Å²) in [6.07, 6.45) is 1.80. The Kier molecular flexibility index (Phi) is 3.43. The number of hydrogen-bond acceptors (Lipinski definition) is 6. The van der Waals surface area contributed by atoms with Gasteiger partial charge in [0.15, 0.2) is 0 Å². The molecule has 0 radical (unpaired) electrons. The zero-order valence-electron chi connectivity index (χ0n) is 14.1. The first kappa shape index (κ1) is 14.8. The molecule has 0 spiro atoms. The van der Waals surface area contributed by atoms with Crippen LogP contribution in [0, 0.1) is 0 Å². The van der Waals surface area contributed by atoms with E-state index in [0.717, 1.165) is 43.3 Å². The molecule has 4 heterocycles. The lowest BCUT2D eigenvalue weighted by molar-refractivity contribution is -0.0362. The van der Waals surface area contributed by atoms with Crippen molar-refractivity contribution in [2.24, 2.45) is 0 Å². The lowest BCUT2D eigenvalue weighted by Gasteiger charge is -2.33. The van der Waals surface area contributed by atoms with Crippen molar-refractivity contribution in [2.75, 3.05) is 38.2 Å². The fourth-order valence-corrected chi connectivity index (χ4v) is 3.82. The molecule has 2 saturated heterocycles. The first-order valence-electron chi connectivity index (χ1n) is 8.62. The van der Waals surface area contributed by atoms with Crippen LogP contribution in [0.4, 0.5) is 5.82 Å². The second kappa shape index (κ2) is 5.79. The van der Waals surface area contributed by atoms with Gasteiger partial charge in [-0.05, 0) is 7.05 Å². The topological polar surface area (TPSA) is 58.8 Å². The van der Waals surface area contributed by atoms with Gasteiger partial charge in [0.1, 0.15) is 12.1 Å². The summed E-state index contributed by atoms with van der Waals surface area (Å²) in [6.45, 7) is 3.58. The molecule has 2 fully saturated rings. The van der Waals surface area contributed by atoms with Crippen molar-refractivity contribution in [3.8, 4) is 11.3 Å². The molecule has 0 aliphatic carbocycles. The van der Waals surface area contributed by atoms with E-state index in [9.17, 15) is 0 Å². The quantitative estimate of drug-likeness (QED) is 0.703. The number of likely N-dealkylation sites (N-methyl/N-ethyl adjacent to an activating group) is 1. The van der Waals surface area contributed by atoms with Crippen LogP contribution in [0.15, 0.2) is 42.7 Å². The van der Waals surface area contributed by atoms with E-state index >= 15 is 0 Å². The molecule has 2 aromatic heterocycles. The van der Waals surface area contributed by atoms with Crippen LogP contribution >= 0.6 is 0 Å². The molecule has 5 rings (SSSR count). The minimum Gasteiger partial charge on any atom is -0.373 e. The molecule has 2 aliphatic heterocycles. The molecule has 0 bridgehead atoms. The number of rotatable bonds is 2. The number of benzene rings is 1. The fraction of sp³-hybridized carbons (Fsp3) is 0.389. The lowest BCUT2D eigenvalue weighted by atomic mass is 10.1. The highest BCUT2D eigenvalue weighted by atomic mass is 16.5. The average molecular weight is 336 g/mol. The van der Waals surface area contributed by atoms with Crippen LogP contribution < -0.4 is 4.90 Å². The van der Waals surface area contributed by atoms with E-state index in [0.29, 0.717) is 11.8 Å². The predicted octanol–water partition coefficient (Wildman–Crippen LogP) is 1.31. The van der Waals surface area contributed by atoms with E-state index in [4.69, 9.17) is 4.74 Å². The second-order valence-corrected chi connectivity index (χ2v) is 6.70. The molecule has 2 atom stereocenters. The van der Waals surface area contributed by atoms with Crippen LogP contribution in [0.2, 0.25) is 0 Å². The SMILES string of the molecule is CN1CCOC2CN(c3cc(-c4ccccc4)nc4ncnn34)CC21. The average Bonchev–Trinajstić information content (AvgIpc) is 3.29. The lowest BCUT2D eigenvalue weighted by Crippen LogP contribution is -2.48. The van der Waals surface area contributed by atoms with Crippen LogP contribution in [0.25, 0.3) is 17.0 Å². The summed E-state index contributed by atoms with van der Waals surface area (Å²) < 4.78 is 7.81. The third kappa shape index (κ3) is 2.47. The van der Waals surface area contributed by atoms with E-state index in [1.165, 1.54) is 0 Å². The van der Waals surface area contributed by atoms with Crippen molar-refractivity contribution < 1.29 is 4.74 Å². The van der Waals surface area contributed by atoms with Crippen molar-refractivity contribution in [1.82, 2.24) is 24.5 Å². The van der Waals surface area contributed by atoms with Gasteiger partial charge in [-0.15, -0.1) is 0 Å². The maximum absolute atomic E-state index is 5.99. The zero-order valence-corrected chi connectivity index (χ0v) is 14.1. The predicted molar refractivity (Wildman–Crippen MR) is 94.6 cm³/mol. The van der Waals surface area contributed by atoms with E-state index in [-0.39, 0.29) is 6.10 Å². The Morgan fingerprint density at radius 1 is 1.16 bits per heavy atom. The number of aromatic nitrogens is 4. The minimum absolute atomic E-state index is 0.241. The molecule has 2 unspecified atom stereocenters. The number of nitrogens with zero attached hydrogens (tertiary/aromatic N) is 6.